The van der Waals surface area contributed by atoms with Crippen LogP contribution in [0, 0.1) is 87.4 Å². The summed E-state index contributed by atoms with van der Waals surface area (Å²) in [5, 5.41) is 0. The van der Waals surface area contributed by atoms with Crippen LogP contribution < -0.4 is 0 Å². The predicted octanol–water partition coefficient (Wildman–Crippen LogP) is 12.9. The van der Waals surface area contributed by atoms with Crippen molar-refractivity contribution in [1.29, 1.82) is 0 Å². The third kappa shape index (κ3) is 18.2. The molecule has 0 aliphatic carbocycles. The van der Waals surface area contributed by atoms with Crippen LogP contribution in [0.1, 0.15) is 57.0 Å². The maximum atomic E-state index is 6.92. The summed E-state index contributed by atoms with van der Waals surface area (Å²) in [7, 11) is -0.147. The number of hydrogen-bond acceptors (Lipinski definition) is 0. The molecule has 3 aromatic rings. The van der Waals surface area contributed by atoms with E-state index in [1.807, 2.05) is 98.7 Å². The quantitative estimate of drug-likeness (QED) is 0.134. The molecular formula is C41H63MoN3P3+6. The third-order valence-corrected chi connectivity index (χ3v) is 12.3. The summed E-state index contributed by atoms with van der Waals surface area (Å²) in [5.41, 5.74) is 13.3. The molecule has 0 saturated heterocycles. The van der Waals surface area contributed by atoms with E-state index in [-0.39, 0.29) is 44.8 Å². The van der Waals surface area contributed by atoms with Gasteiger partial charge in [0.1, 0.15) is 0 Å². The van der Waals surface area contributed by atoms with Crippen molar-refractivity contribution >= 4 is 40.8 Å². The average molecular weight is 787 g/mol. The van der Waals surface area contributed by atoms with Crippen LogP contribution in [0.4, 0.5) is 17.1 Å². The summed E-state index contributed by atoms with van der Waals surface area (Å²) >= 11 is 0. The minimum Gasteiger partial charge on any atom is -0.238 e. The Morgan fingerprint density at radius 3 is 0.729 bits per heavy atom. The van der Waals surface area contributed by atoms with Gasteiger partial charge in [-0.3, -0.25) is 0 Å². The van der Waals surface area contributed by atoms with Crippen molar-refractivity contribution in [2.45, 2.75) is 69.2 Å². The van der Waals surface area contributed by atoms with Gasteiger partial charge >= 0.3 is 21.1 Å². The van der Waals surface area contributed by atoms with Gasteiger partial charge < -0.3 is 0 Å². The summed E-state index contributed by atoms with van der Waals surface area (Å²) in [6.07, 6.45) is 4.59. The van der Waals surface area contributed by atoms with Crippen molar-refractivity contribution in [3.8, 4) is 0 Å². The van der Waals surface area contributed by atoms with E-state index in [0.29, 0.717) is 5.41 Å². The predicted molar refractivity (Wildman–Crippen MR) is 224 cm³/mol. The molecule has 0 aliphatic heterocycles. The van der Waals surface area contributed by atoms with E-state index in [2.05, 4.69) is 61.4 Å². The smallest absolute Gasteiger partial charge is 0.238 e. The van der Waals surface area contributed by atoms with Crippen molar-refractivity contribution in [3.63, 3.8) is 0 Å². The molecule has 0 bridgehead atoms. The Bertz CT molecular complexity index is 1330. The van der Waals surface area contributed by atoms with Crippen LogP contribution in [0.2, 0.25) is 0 Å². The van der Waals surface area contributed by atoms with Gasteiger partial charge in [0.05, 0.1) is 43.6 Å². The molecule has 0 N–H and O–H groups in total. The Morgan fingerprint density at radius 2 is 0.604 bits per heavy atom. The first-order chi connectivity index (χ1) is 21.7. The fourth-order valence-electron chi connectivity index (χ4n) is 6.79. The van der Waals surface area contributed by atoms with Gasteiger partial charge in [-0.05, 0) is 126 Å². The zero-order valence-electron chi connectivity index (χ0n) is 32.8. The van der Waals surface area contributed by atoms with Crippen LogP contribution in [-0.4, -0.2) is 58.5 Å². The van der Waals surface area contributed by atoms with Crippen LogP contribution in [0.25, 0.3) is 14.5 Å². The molecule has 0 heterocycles. The van der Waals surface area contributed by atoms with E-state index < -0.39 is 0 Å². The van der Waals surface area contributed by atoms with Crippen molar-refractivity contribution < 1.29 is 21.1 Å². The van der Waals surface area contributed by atoms with Gasteiger partial charge in [0.25, 0.3) is 0 Å². The number of hydrogen-bond donors (Lipinski definition) is 0. The Labute approximate surface area is 314 Å². The SMILES string of the molecule is C[PH+](C)CC(C)(C[PH+](C)C)C[PH+](C)C.[C-]#[N+]c1c(C)cc(C)cc1C.[C-]#[N+]c1c(C)cc(C)cc1C.[C-]#[N+]c1c(C)cc(C)cc1C.[Mo+3]. The number of aryl methyl sites for hydroxylation is 9. The molecule has 0 saturated carbocycles. The van der Waals surface area contributed by atoms with E-state index in [9.17, 15) is 0 Å². The van der Waals surface area contributed by atoms with Gasteiger partial charge in [0.15, 0.2) is 17.1 Å². The van der Waals surface area contributed by atoms with Crippen molar-refractivity contribution in [1.82, 2.24) is 0 Å². The van der Waals surface area contributed by atoms with Gasteiger partial charge in [-0.25, -0.2) is 14.5 Å². The van der Waals surface area contributed by atoms with Crippen LogP contribution in [0.15, 0.2) is 36.4 Å². The van der Waals surface area contributed by atoms with Crippen molar-refractivity contribution in [3.05, 3.63) is 121 Å². The molecular weight excluding hydrogens is 723 g/mol. The summed E-state index contributed by atoms with van der Waals surface area (Å²) in [4.78, 5) is 10.4. The normalized spacial score (nSPS) is 10.2. The van der Waals surface area contributed by atoms with Gasteiger partial charge in [-0.15, -0.1) is 0 Å². The monoisotopic (exact) mass is 788 g/mol. The zero-order chi connectivity index (χ0) is 36.6. The number of rotatable bonds is 6. The van der Waals surface area contributed by atoms with Crippen molar-refractivity contribution in [2.75, 3.05) is 58.5 Å². The summed E-state index contributed by atoms with van der Waals surface area (Å²) in [6, 6.07) is 12.3. The van der Waals surface area contributed by atoms with Gasteiger partial charge in [-0.2, -0.15) is 0 Å². The molecule has 1 radical (unpaired) electrons. The van der Waals surface area contributed by atoms with Gasteiger partial charge in [-0.1, -0.05) is 53.1 Å². The molecule has 0 spiro atoms. The first-order valence-corrected chi connectivity index (χ1v) is 24.5. The second-order valence-electron chi connectivity index (χ2n) is 14.5. The molecule has 7 heteroatoms. The molecule has 3 nitrogen and oxygen atoms in total. The van der Waals surface area contributed by atoms with E-state index in [1.54, 1.807) is 0 Å². The Kier molecular flexibility index (Phi) is 23.6. The standard InChI is InChI=1S/C11H27P3.3C10H11N.Mo/c1-11(8-12(2)3,9-13(4)5)10-14(6)7;3*1-7-5-8(2)10(11-4)9(3)6-7;/h8-10H2,1-7H3;3*5-6H,1-3H3;/q;;;;+3/p+3. The fraction of sp³-hybridized carbons (Fsp3) is 0.488. The van der Waals surface area contributed by atoms with E-state index in [4.69, 9.17) is 19.7 Å². The molecule has 0 amide bonds. The first-order valence-electron chi connectivity index (χ1n) is 16.4. The molecule has 0 atom stereocenters. The molecule has 257 valence electrons. The molecule has 3 aromatic carbocycles. The van der Waals surface area contributed by atoms with E-state index in [0.717, 1.165) is 50.4 Å². The van der Waals surface area contributed by atoms with Gasteiger partial charge in [0.2, 0.25) is 0 Å². The summed E-state index contributed by atoms with van der Waals surface area (Å²) in [5.74, 6) is 0. The molecule has 0 aromatic heterocycles. The summed E-state index contributed by atoms with van der Waals surface area (Å²) < 4.78 is 0. The fourth-order valence-corrected chi connectivity index (χ4v) is 13.4. The van der Waals surface area contributed by atoms with Crippen molar-refractivity contribution in [2.24, 2.45) is 5.41 Å². The van der Waals surface area contributed by atoms with Crippen LogP contribution in [0.5, 0.6) is 0 Å². The second kappa shape index (κ2) is 23.5. The maximum Gasteiger partial charge on any atom is 3.00 e. The number of benzene rings is 3. The minimum atomic E-state index is -0.0489. The minimum absolute atomic E-state index is 0. The van der Waals surface area contributed by atoms with E-state index >= 15 is 0 Å². The second-order valence-corrected chi connectivity index (χ2v) is 22.8. The van der Waals surface area contributed by atoms with Crippen LogP contribution >= 0.6 is 23.8 Å². The third-order valence-electron chi connectivity index (χ3n) is 7.58. The topological polar surface area (TPSA) is 13.1 Å². The van der Waals surface area contributed by atoms with Crippen LogP contribution in [-0.2, 0) is 21.1 Å². The van der Waals surface area contributed by atoms with E-state index in [1.165, 1.54) is 35.2 Å². The van der Waals surface area contributed by atoms with Gasteiger partial charge in [0, 0.05) is 40.0 Å². The molecule has 3 rings (SSSR count). The van der Waals surface area contributed by atoms with Crippen LogP contribution in [0.3, 0.4) is 0 Å². The Hall–Kier alpha value is -1.89. The maximum absolute atomic E-state index is 6.92. The Balaban J connectivity index is 0. The molecule has 0 fully saturated rings. The average Bonchev–Trinajstić information content (AvgIpc) is 2.87. The Morgan fingerprint density at radius 1 is 0.438 bits per heavy atom. The molecule has 0 aliphatic rings. The largest absolute Gasteiger partial charge is 3.00 e. The molecule has 0 unspecified atom stereocenters. The number of nitrogens with zero attached hydrogens (tertiary/aromatic N) is 3. The summed E-state index contributed by atoms with van der Waals surface area (Å²) in [6.45, 7) is 56.2. The first kappa shape index (κ1) is 48.2. The zero-order valence-corrected chi connectivity index (χ0v) is 37.8. The molecule has 48 heavy (non-hydrogen) atoms.